The van der Waals surface area contributed by atoms with Crippen LogP contribution in [0, 0.1) is 11.3 Å². The van der Waals surface area contributed by atoms with E-state index in [0.717, 1.165) is 27.0 Å². The first-order chi connectivity index (χ1) is 13.5. The normalized spacial score (nSPS) is 11.1. The number of thioether (sulfide) groups is 1. The number of benzene rings is 2. The van der Waals surface area contributed by atoms with Gasteiger partial charge in [0.2, 0.25) is 0 Å². The van der Waals surface area contributed by atoms with Gasteiger partial charge in [-0.05, 0) is 36.4 Å². The first kappa shape index (κ1) is 28.4. The van der Waals surface area contributed by atoms with Crippen LogP contribution >= 0.6 is 75.6 Å². The molecule has 2 aromatic carbocycles. The van der Waals surface area contributed by atoms with Crippen LogP contribution in [0.2, 0.25) is 0 Å². The van der Waals surface area contributed by atoms with Crippen molar-refractivity contribution in [2.45, 2.75) is 0 Å². The Morgan fingerprint density at radius 3 is 1.93 bits per heavy atom. The standard InChI is InChI=1S/C9H8BrNS.C7H4BrN.C2H7NS.2ClH.Zn/c10-8-3-1-7(2-4-8)9-11-5-6-12-9;8-7-3-1-6(5-9)2-4-7;3-1-2-4;;;/h1-4H,5-6H2;1-4H;4H,1-3H2;2*1H;/q;;;;;+2/p-2. The van der Waals surface area contributed by atoms with E-state index in [1.54, 1.807) is 12.1 Å². The van der Waals surface area contributed by atoms with Crippen molar-refractivity contribution in [2.75, 3.05) is 24.6 Å². The number of hydrogen-bond acceptors (Lipinski definition) is 5. The first-order valence-corrected chi connectivity index (χ1v) is 19.0. The summed E-state index contributed by atoms with van der Waals surface area (Å²) >= 11 is 11.4. The summed E-state index contributed by atoms with van der Waals surface area (Å²) in [5.41, 5.74) is 6.88. The van der Waals surface area contributed by atoms with E-state index in [9.17, 15) is 0 Å². The second-order valence-corrected chi connectivity index (χ2v) is 12.8. The fourth-order valence-corrected chi connectivity index (χ4v) is 3.02. The summed E-state index contributed by atoms with van der Waals surface area (Å²) < 4.78 is 2.12. The molecule has 148 valence electrons. The molecule has 0 atom stereocenters. The first-order valence-electron chi connectivity index (χ1n) is 8.04. The summed E-state index contributed by atoms with van der Waals surface area (Å²) in [6, 6.07) is 17.6. The summed E-state index contributed by atoms with van der Waals surface area (Å²) in [6.45, 7) is 1.65. The van der Waals surface area contributed by atoms with Gasteiger partial charge in [-0.25, -0.2) is 0 Å². The summed E-state index contributed by atoms with van der Waals surface area (Å²) in [4.78, 5) is 4.40. The molecule has 0 fully saturated rings. The van der Waals surface area contributed by atoms with Gasteiger partial charge in [-0.1, -0.05) is 44.0 Å². The van der Waals surface area contributed by atoms with Gasteiger partial charge in [0.15, 0.2) is 0 Å². The molecule has 1 aliphatic heterocycles. The number of aliphatic imine (C=N–C) groups is 1. The number of nitrogens with zero attached hydrogens (tertiary/aromatic N) is 2. The van der Waals surface area contributed by atoms with Gasteiger partial charge < -0.3 is 5.73 Å². The van der Waals surface area contributed by atoms with Crippen molar-refractivity contribution < 1.29 is 15.1 Å². The molecule has 0 aromatic heterocycles. The Labute approximate surface area is 209 Å². The number of thiol groups is 1. The van der Waals surface area contributed by atoms with Gasteiger partial charge in [0.1, 0.15) is 0 Å². The van der Waals surface area contributed by atoms with Crippen LogP contribution in [0.5, 0.6) is 0 Å². The molecule has 0 unspecified atom stereocenters. The second-order valence-electron chi connectivity index (χ2n) is 4.77. The molecule has 0 radical (unpaired) electrons. The van der Waals surface area contributed by atoms with Gasteiger partial charge in [-0.15, -0.1) is 11.8 Å². The van der Waals surface area contributed by atoms with Gasteiger partial charge in [-0.2, -0.15) is 17.9 Å². The number of rotatable bonds is 2. The number of nitrogens with two attached hydrogens (primary N) is 1. The van der Waals surface area contributed by atoms with E-state index >= 15 is 0 Å². The van der Waals surface area contributed by atoms with Gasteiger partial charge >= 0.3 is 34.5 Å². The van der Waals surface area contributed by atoms with Crippen LogP contribution in [0.15, 0.2) is 62.5 Å². The minimum absolute atomic E-state index is 0.684. The van der Waals surface area contributed by atoms with Crippen LogP contribution in [0.25, 0.3) is 0 Å². The van der Waals surface area contributed by atoms with E-state index in [2.05, 4.69) is 73.7 Å². The molecule has 0 bridgehead atoms. The molecular formula is C18H19Br2Cl2N3S2Zn. The Morgan fingerprint density at radius 1 is 1.11 bits per heavy atom. The van der Waals surface area contributed by atoms with Crippen molar-refractivity contribution in [3.05, 3.63) is 68.6 Å². The molecule has 3 rings (SSSR count). The van der Waals surface area contributed by atoms with Gasteiger partial charge in [0.05, 0.1) is 16.7 Å². The van der Waals surface area contributed by atoms with E-state index in [0.29, 0.717) is 12.1 Å². The molecule has 1 aliphatic rings. The average Bonchev–Trinajstić information content (AvgIpc) is 3.25. The fourth-order valence-electron chi connectivity index (χ4n) is 1.63. The maximum absolute atomic E-state index is 8.36. The Bertz CT molecular complexity index is 725. The van der Waals surface area contributed by atoms with Crippen molar-refractivity contribution in [2.24, 2.45) is 10.7 Å². The van der Waals surface area contributed by atoms with E-state index < -0.39 is 15.1 Å². The Hall–Kier alpha value is 0.423. The van der Waals surface area contributed by atoms with Crippen molar-refractivity contribution in [3.8, 4) is 6.07 Å². The minimum atomic E-state index is -0.931. The Morgan fingerprint density at radius 2 is 1.57 bits per heavy atom. The van der Waals surface area contributed by atoms with Crippen molar-refractivity contribution in [1.82, 2.24) is 0 Å². The van der Waals surface area contributed by atoms with Crippen LogP contribution in [-0.4, -0.2) is 29.6 Å². The zero-order valence-corrected chi connectivity index (χ0v) is 24.4. The Balaban J connectivity index is 0.000000403. The van der Waals surface area contributed by atoms with Crippen molar-refractivity contribution in [1.29, 1.82) is 5.26 Å². The Kier molecular flexibility index (Phi) is 19.7. The monoisotopic (exact) mass is 633 g/mol. The molecule has 0 saturated heterocycles. The van der Waals surface area contributed by atoms with Gasteiger partial charge in [0.25, 0.3) is 0 Å². The molecule has 0 aliphatic carbocycles. The predicted molar refractivity (Wildman–Crippen MR) is 131 cm³/mol. The van der Waals surface area contributed by atoms with E-state index in [1.807, 2.05) is 30.0 Å². The molecule has 10 heteroatoms. The molecule has 2 aromatic rings. The number of nitriles is 1. The summed E-state index contributed by atoms with van der Waals surface area (Å²) in [5, 5.41) is 9.55. The van der Waals surface area contributed by atoms with Crippen LogP contribution in [0.1, 0.15) is 11.1 Å². The van der Waals surface area contributed by atoms with E-state index in [1.165, 1.54) is 10.6 Å². The predicted octanol–water partition coefficient (Wildman–Crippen LogP) is 6.51. The zero-order valence-electron chi connectivity index (χ0n) is 15.0. The van der Waals surface area contributed by atoms with Crippen molar-refractivity contribution >= 4 is 80.7 Å². The van der Waals surface area contributed by atoms with Crippen LogP contribution in [0.3, 0.4) is 0 Å². The zero-order chi connectivity index (χ0) is 21.2. The molecular weight excluding hydrogens is 618 g/mol. The van der Waals surface area contributed by atoms with Crippen LogP contribution in [0.4, 0.5) is 0 Å². The molecule has 0 saturated carbocycles. The molecule has 3 nitrogen and oxygen atoms in total. The SMILES string of the molecule is Brc1ccc(C2=NCCS2)cc1.N#Cc1ccc(Br)cc1.NCCS.[Cl][Zn][Cl]. The fraction of sp³-hybridized carbons (Fsp3) is 0.222. The van der Waals surface area contributed by atoms with Crippen LogP contribution in [-0.2, 0) is 15.1 Å². The van der Waals surface area contributed by atoms with E-state index in [4.69, 9.17) is 30.4 Å². The third-order valence-electron chi connectivity index (χ3n) is 2.78. The third kappa shape index (κ3) is 14.4. The topological polar surface area (TPSA) is 62.2 Å². The van der Waals surface area contributed by atoms with Crippen LogP contribution < -0.4 is 5.73 Å². The molecule has 0 spiro atoms. The maximum atomic E-state index is 8.36. The summed E-state index contributed by atoms with van der Waals surface area (Å²) in [7, 11) is 9.90. The van der Waals surface area contributed by atoms with Gasteiger partial charge in [0, 0.05) is 39.1 Å². The molecule has 1 heterocycles. The third-order valence-corrected chi connectivity index (χ3v) is 5.12. The van der Waals surface area contributed by atoms with Crippen molar-refractivity contribution in [3.63, 3.8) is 0 Å². The summed E-state index contributed by atoms with van der Waals surface area (Å²) in [5.74, 6) is 1.92. The average molecular weight is 638 g/mol. The molecule has 28 heavy (non-hydrogen) atoms. The molecule has 2 N–H and O–H groups in total. The quantitative estimate of drug-likeness (QED) is 0.292. The second kappa shape index (κ2) is 19.4. The number of halogens is 4. The van der Waals surface area contributed by atoms with Gasteiger partial charge in [-0.3, -0.25) is 4.99 Å². The summed E-state index contributed by atoms with van der Waals surface area (Å²) in [6.07, 6.45) is 0. The van der Waals surface area contributed by atoms with E-state index in [-0.39, 0.29) is 0 Å². The molecule has 0 amide bonds. The number of hydrogen-bond donors (Lipinski definition) is 2.